The van der Waals surface area contributed by atoms with Gasteiger partial charge in [0.15, 0.2) is 11.6 Å². The smallest absolute Gasteiger partial charge is 0.181 e. The largest absolute Gasteiger partial charge is 0.366 e. The Hall–Kier alpha value is -1.72. The Kier molecular flexibility index (Phi) is 3.31. The van der Waals surface area contributed by atoms with Crippen LogP contribution in [-0.4, -0.2) is 27.4 Å². The fraction of sp³-hybridized carbons (Fsp3) is 0.429. The van der Waals surface area contributed by atoms with Crippen molar-refractivity contribution in [1.29, 1.82) is 0 Å². The lowest BCUT2D eigenvalue weighted by atomic mass is 10.2. The highest BCUT2D eigenvalue weighted by atomic mass is 16.5. The van der Waals surface area contributed by atoms with E-state index in [0.29, 0.717) is 6.54 Å². The van der Waals surface area contributed by atoms with E-state index in [9.17, 15) is 0 Å². The maximum atomic E-state index is 5.88. The van der Waals surface area contributed by atoms with Crippen LogP contribution in [0.5, 0.6) is 0 Å². The first-order chi connectivity index (χ1) is 9.28. The van der Waals surface area contributed by atoms with Crippen molar-refractivity contribution in [3.63, 3.8) is 0 Å². The number of nitrogens with zero attached hydrogens (tertiary/aromatic N) is 3. The summed E-state index contributed by atoms with van der Waals surface area (Å²) in [5.74, 6) is 1.63. The van der Waals surface area contributed by atoms with E-state index in [0.717, 1.165) is 30.1 Å². The van der Waals surface area contributed by atoms with E-state index in [4.69, 9.17) is 10.5 Å². The maximum absolute atomic E-state index is 5.88. The molecule has 1 aliphatic heterocycles. The zero-order valence-electron chi connectivity index (χ0n) is 11.0. The fourth-order valence-corrected chi connectivity index (χ4v) is 2.46. The molecule has 1 saturated heterocycles. The van der Waals surface area contributed by atoms with Crippen LogP contribution >= 0.6 is 0 Å². The van der Waals surface area contributed by atoms with Crippen molar-refractivity contribution in [2.75, 3.05) is 6.54 Å². The molecule has 1 aliphatic rings. The van der Waals surface area contributed by atoms with Gasteiger partial charge in [0, 0.05) is 19.2 Å². The molecule has 5 heteroatoms. The Morgan fingerprint density at radius 3 is 2.79 bits per heavy atom. The Labute approximate surface area is 112 Å². The van der Waals surface area contributed by atoms with Crippen molar-refractivity contribution in [2.24, 2.45) is 12.8 Å². The van der Waals surface area contributed by atoms with Crippen molar-refractivity contribution in [3.05, 3.63) is 36.2 Å². The van der Waals surface area contributed by atoms with Gasteiger partial charge in [-0.1, -0.05) is 30.3 Å². The van der Waals surface area contributed by atoms with Crippen LogP contribution in [0.15, 0.2) is 30.3 Å². The van der Waals surface area contributed by atoms with E-state index in [1.54, 1.807) is 0 Å². The first-order valence-corrected chi connectivity index (χ1v) is 6.60. The van der Waals surface area contributed by atoms with Crippen molar-refractivity contribution in [3.8, 4) is 11.4 Å². The van der Waals surface area contributed by atoms with Crippen LogP contribution in [0.2, 0.25) is 0 Å². The number of hydrogen-bond donors (Lipinski definition) is 1. The molecule has 2 N–H and O–H groups in total. The van der Waals surface area contributed by atoms with Crippen molar-refractivity contribution in [1.82, 2.24) is 14.8 Å². The predicted octanol–water partition coefficient (Wildman–Crippen LogP) is 1.66. The van der Waals surface area contributed by atoms with Crippen LogP contribution < -0.4 is 5.73 Å². The van der Waals surface area contributed by atoms with E-state index in [1.807, 2.05) is 42.1 Å². The van der Waals surface area contributed by atoms with Gasteiger partial charge in [-0.05, 0) is 12.8 Å². The average Bonchev–Trinajstić information content (AvgIpc) is 3.06. The lowest BCUT2D eigenvalue weighted by Crippen LogP contribution is -2.19. The molecule has 2 unspecified atom stereocenters. The molecule has 100 valence electrons. The Morgan fingerprint density at radius 1 is 1.32 bits per heavy atom. The number of ether oxygens (including phenoxy) is 1. The van der Waals surface area contributed by atoms with E-state index < -0.39 is 0 Å². The summed E-state index contributed by atoms with van der Waals surface area (Å²) in [6, 6.07) is 9.98. The summed E-state index contributed by atoms with van der Waals surface area (Å²) in [5, 5.41) is 4.47. The minimum Gasteiger partial charge on any atom is -0.366 e. The zero-order chi connectivity index (χ0) is 13.2. The highest BCUT2D eigenvalue weighted by Crippen LogP contribution is 2.31. The third kappa shape index (κ3) is 2.39. The van der Waals surface area contributed by atoms with Gasteiger partial charge in [-0.3, -0.25) is 4.68 Å². The maximum Gasteiger partial charge on any atom is 0.181 e. The number of aryl methyl sites for hydroxylation is 1. The zero-order valence-corrected chi connectivity index (χ0v) is 11.0. The molecule has 0 bridgehead atoms. The van der Waals surface area contributed by atoms with Crippen molar-refractivity contribution in [2.45, 2.75) is 25.0 Å². The highest BCUT2D eigenvalue weighted by Gasteiger charge is 2.29. The average molecular weight is 258 g/mol. The van der Waals surface area contributed by atoms with Gasteiger partial charge < -0.3 is 10.5 Å². The SMILES string of the molecule is Cn1nc(-c2ccccc2)nc1C1CCC(CN)O1. The molecular formula is C14H18N4O. The molecule has 1 fully saturated rings. The summed E-state index contributed by atoms with van der Waals surface area (Å²) in [6.07, 6.45) is 2.13. The number of benzene rings is 1. The summed E-state index contributed by atoms with van der Waals surface area (Å²) in [5.41, 5.74) is 6.67. The van der Waals surface area contributed by atoms with Crippen molar-refractivity contribution >= 4 is 0 Å². The van der Waals surface area contributed by atoms with Gasteiger partial charge >= 0.3 is 0 Å². The minimum atomic E-state index is 0.0171. The molecular weight excluding hydrogens is 240 g/mol. The summed E-state index contributed by atoms with van der Waals surface area (Å²) in [6.45, 7) is 0.569. The fourth-order valence-electron chi connectivity index (χ4n) is 2.46. The molecule has 5 nitrogen and oxygen atoms in total. The second-order valence-corrected chi connectivity index (χ2v) is 4.84. The van der Waals surface area contributed by atoms with Gasteiger partial charge in [0.1, 0.15) is 6.10 Å². The second kappa shape index (κ2) is 5.11. The van der Waals surface area contributed by atoms with Crippen LogP contribution in [0.1, 0.15) is 24.8 Å². The Bertz CT molecular complexity index is 552. The molecule has 3 rings (SSSR count). The summed E-state index contributed by atoms with van der Waals surface area (Å²) in [4.78, 5) is 4.62. The summed E-state index contributed by atoms with van der Waals surface area (Å²) >= 11 is 0. The number of rotatable bonds is 3. The standard InChI is InChI=1S/C14H18N4O/c1-18-14(12-8-7-11(9-15)19-12)16-13(17-18)10-5-3-2-4-6-10/h2-6,11-12H,7-9,15H2,1H3. The lowest BCUT2D eigenvalue weighted by Gasteiger charge is -2.10. The molecule has 1 aromatic heterocycles. The van der Waals surface area contributed by atoms with Crippen LogP contribution in [0.4, 0.5) is 0 Å². The monoisotopic (exact) mass is 258 g/mol. The molecule has 0 aliphatic carbocycles. The molecule has 2 atom stereocenters. The quantitative estimate of drug-likeness (QED) is 0.909. The third-order valence-electron chi connectivity index (χ3n) is 3.49. The van der Waals surface area contributed by atoms with E-state index in [1.165, 1.54) is 0 Å². The number of hydrogen-bond acceptors (Lipinski definition) is 4. The lowest BCUT2D eigenvalue weighted by molar-refractivity contribution is 0.0427. The molecule has 2 aromatic rings. The summed E-state index contributed by atoms with van der Waals surface area (Å²) < 4.78 is 7.69. The van der Waals surface area contributed by atoms with Gasteiger partial charge in [-0.25, -0.2) is 4.98 Å². The Balaban J connectivity index is 1.86. The van der Waals surface area contributed by atoms with Crippen LogP contribution in [-0.2, 0) is 11.8 Å². The number of aromatic nitrogens is 3. The van der Waals surface area contributed by atoms with Gasteiger partial charge in [-0.2, -0.15) is 5.10 Å². The molecule has 0 radical (unpaired) electrons. The van der Waals surface area contributed by atoms with Crippen LogP contribution in [0.3, 0.4) is 0 Å². The van der Waals surface area contributed by atoms with Gasteiger partial charge in [0.05, 0.1) is 6.10 Å². The van der Waals surface area contributed by atoms with E-state index in [2.05, 4.69) is 10.1 Å². The van der Waals surface area contributed by atoms with Gasteiger partial charge in [0.25, 0.3) is 0 Å². The predicted molar refractivity (Wildman–Crippen MR) is 72.3 cm³/mol. The second-order valence-electron chi connectivity index (χ2n) is 4.84. The molecule has 0 amide bonds. The van der Waals surface area contributed by atoms with Crippen LogP contribution in [0.25, 0.3) is 11.4 Å². The first kappa shape index (κ1) is 12.3. The Morgan fingerprint density at radius 2 is 2.11 bits per heavy atom. The van der Waals surface area contributed by atoms with E-state index >= 15 is 0 Å². The topological polar surface area (TPSA) is 66.0 Å². The molecule has 0 saturated carbocycles. The normalized spacial score (nSPS) is 22.8. The molecule has 1 aromatic carbocycles. The first-order valence-electron chi connectivity index (χ1n) is 6.60. The van der Waals surface area contributed by atoms with Crippen LogP contribution in [0, 0.1) is 0 Å². The minimum absolute atomic E-state index is 0.0171. The molecule has 2 heterocycles. The molecule has 19 heavy (non-hydrogen) atoms. The van der Waals surface area contributed by atoms with Gasteiger partial charge in [-0.15, -0.1) is 0 Å². The van der Waals surface area contributed by atoms with E-state index in [-0.39, 0.29) is 12.2 Å². The molecule has 0 spiro atoms. The van der Waals surface area contributed by atoms with Crippen molar-refractivity contribution < 1.29 is 4.74 Å². The highest BCUT2D eigenvalue weighted by molar-refractivity contribution is 5.54. The summed E-state index contributed by atoms with van der Waals surface area (Å²) in [7, 11) is 1.91. The number of nitrogens with two attached hydrogens (primary N) is 1. The van der Waals surface area contributed by atoms with Gasteiger partial charge in [0.2, 0.25) is 0 Å². The third-order valence-corrected chi connectivity index (χ3v) is 3.49.